The van der Waals surface area contributed by atoms with E-state index in [-0.39, 0.29) is 0 Å². The molecule has 3 aliphatic rings. The molecule has 2 unspecified atom stereocenters. The Morgan fingerprint density at radius 3 is 2.60 bits per heavy atom. The number of fused-ring (bicyclic) bond motifs is 1. The average molecular weight is 558 g/mol. The zero-order chi connectivity index (χ0) is 29.3. The Bertz CT molecular complexity index is 998. The molecule has 2 fully saturated rings. The number of anilines is 1. The second-order valence-corrected chi connectivity index (χ2v) is 10.3. The monoisotopic (exact) mass is 557 g/mol. The van der Waals surface area contributed by atoms with Gasteiger partial charge < -0.3 is 24.6 Å². The zero-order valence-electron chi connectivity index (χ0n) is 24.9. The number of allylic oxidation sites excluding steroid dienone is 3. The number of benzene rings is 1. The van der Waals surface area contributed by atoms with E-state index in [1.165, 1.54) is 11.8 Å². The summed E-state index contributed by atoms with van der Waals surface area (Å²) in [5, 5.41) is 3.42. The van der Waals surface area contributed by atoms with Crippen molar-refractivity contribution in [1.29, 1.82) is 0 Å². The van der Waals surface area contributed by atoms with Crippen molar-refractivity contribution in [2.24, 2.45) is 4.99 Å². The third-order valence-electron chi connectivity index (χ3n) is 6.82. The molecule has 0 saturated carbocycles. The number of morpholine rings is 1. The normalized spacial score (nSPS) is 22.4. The highest BCUT2D eigenvalue weighted by Crippen LogP contribution is 2.29. The first kappa shape index (κ1) is 33.2. The number of rotatable bonds is 6. The second-order valence-electron chi connectivity index (χ2n) is 10.3. The third-order valence-corrected chi connectivity index (χ3v) is 6.82. The lowest BCUT2D eigenvalue weighted by atomic mass is 10.1. The van der Waals surface area contributed by atoms with Gasteiger partial charge in [0.25, 0.3) is 0 Å². The first-order chi connectivity index (χ1) is 19.3. The molecule has 0 spiro atoms. The number of aldehydes is 1. The predicted octanol–water partition coefficient (Wildman–Crippen LogP) is 4.77. The van der Waals surface area contributed by atoms with Crippen molar-refractivity contribution in [2.75, 3.05) is 72.0 Å². The molecule has 3 heterocycles. The standard InChI is InChI=1S/C18H23N3O2.C10H21FN2.C3H4O/c1-3-8-19-18-15(14(2)21-9-11-22-12-10-21)13-23-17-7-5-4-6-16(17)20-18;1-9(7-12(2)3)13-6-4-5-10(11)8-13;1-2-3-4/h3-8H,9-13H2,1-2H3,(H,19,20);9-10H,4-8H2,1-3H3;2-3H,1H2/b8-3-,15-14+;;. The van der Waals surface area contributed by atoms with Crippen LogP contribution in [0.2, 0.25) is 0 Å². The molecule has 2 saturated heterocycles. The molecule has 0 amide bonds. The number of nitrogens with zero attached hydrogens (tertiary/aromatic N) is 4. The van der Waals surface area contributed by atoms with Crippen LogP contribution in [-0.4, -0.2) is 106 Å². The van der Waals surface area contributed by atoms with Gasteiger partial charge in [-0.3, -0.25) is 9.69 Å². The Balaban J connectivity index is 0.000000278. The van der Waals surface area contributed by atoms with Gasteiger partial charge in [-0.25, -0.2) is 9.38 Å². The van der Waals surface area contributed by atoms with E-state index in [1.54, 1.807) is 0 Å². The number of hydrogen-bond acceptors (Lipinski definition) is 7. The fraction of sp³-hybridized carbons (Fsp3) is 0.548. The third kappa shape index (κ3) is 11.2. The lowest BCUT2D eigenvalue weighted by molar-refractivity contribution is -0.104. The van der Waals surface area contributed by atoms with Crippen LogP contribution in [0.3, 0.4) is 0 Å². The quantitative estimate of drug-likeness (QED) is 0.399. The van der Waals surface area contributed by atoms with Gasteiger partial charge in [0, 0.05) is 44.1 Å². The molecule has 8 nitrogen and oxygen atoms in total. The maximum atomic E-state index is 13.1. The number of ether oxygens (including phenoxy) is 2. The predicted molar refractivity (Wildman–Crippen MR) is 163 cm³/mol. The van der Waals surface area contributed by atoms with Crippen LogP contribution >= 0.6 is 0 Å². The minimum absolute atomic E-state index is 0.480. The summed E-state index contributed by atoms with van der Waals surface area (Å²) in [5.41, 5.74) is 3.22. The molecule has 0 radical (unpaired) electrons. The molecule has 3 aliphatic heterocycles. The number of carbonyl (C=O) groups excluding carboxylic acids is 1. The number of carbonyl (C=O) groups is 1. The lowest BCUT2D eigenvalue weighted by Crippen LogP contribution is -2.46. The molecule has 40 heavy (non-hydrogen) atoms. The molecular weight excluding hydrogens is 509 g/mol. The van der Waals surface area contributed by atoms with Gasteiger partial charge in [-0.15, -0.1) is 0 Å². The Morgan fingerprint density at radius 2 is 1.98 bits per heavy atom. The Morgan fingerprint density at radius 1 is 1.27 bits per heavy atom. The van der Waals surface area contributed by atoms with Gasteiger partial charge in [-0.2, -0.15) is 0 Å². The van der Waals surface area contributed by atoms with Gasteiger partial charge in [-0.05, 0) is 72.5 Å². The summed E-state index contributed by atoms with van der Waals surface area (Å²) in [7, 11) is 4.13. The van der Waals surface area contributed by atoms with Gasteiger partial charge >= 0.3 is 0 Å². The van der Waals surface area contributed by atoms with Crippen LogP contribution in [0.5, 0.6) is 5.75 Å². The average Bonchev–Trinajstić information content (AvgIpc) is 3.15. The molecule has 1 aromatic rings. The van der Waals surface area contributed by atoms with Crippen molar-refractivity contribution in [1.82, 2.24) is 14.7 Å². The van der Waals surface area contributed by atoms with Crippen LogP contribution in [0.15, 0.2) is 65.5 Å². The van der Waals surface area contributed by atoms with Gasteiger partial charge in [0.05, 0.1) is 24.5 Å². The van der Waals surface area contributed by atoms with E-state index < -0.39 is 6.17 Å². The Kier molecular flexibility index (Phi) is 15.2. The number of hydrogen-bond donors (Lipinski definition) is 1. The van der Waals surface area contributed by atoms with E-state index in [9.17, 15) is 4.39 Å². The molecular formula is C31H48FN5O3. The van der Waals surface area contributed by atoms with Gasteiger partial charge in [0.1, 0.15) is 30.6 Å². The Labute approximate surface area is 240 Å². The summed E-state index contributed by atoms with van der Waals surface area (Å²) >= 11 is 0. The number of halogens is 1. The highest BCUT2D eigenvalue weighted by Gasteiger charge is 2.24. The first-order valence-electron chi connectivity index (χ1n) is 14.1. The zero-order valence-corrected chi connectivity index (χ0v) is 24.9. The molecule has 4 rings (SSSR count). The van der Waals surface area contributed by atoms with Gasteiger partial charge in [0.2, 0.25) is 0 Å². The minimum atomic E-state index is -0.599. The molecule has 1 aromatic carbocycles. The van der Waals surface area contributed by atoms with E-state index in [0.29, 0.717) is 25.5 Å². The van der Waals surface area contributed by atoms with Crippen LogP contribution in [0.1, 0.15) is 33.6 Å². The number of nitrogens with one attached hydrogen (secondary N) is 1. The number of amidine groups is 1. The molecule has 0 aliphatic carbocycles. The van der Waals surface area contributed by atoms with Crippen LogP contribution < -0.4 is 10.1 Å². The van der Waals surface area contributed by atoms with Gasteiger partial charge in [0.15, 0.2) is 0 Å². The first-order valence-corrected chi connectivity index (χ1v) is 14.1. The molecule has 1 N–H and O–H groups in total. The summed E-state index contributed by atoms with van der Waals surface area (Å²) in [6.45, 7) is 15.9. The topological polar surface area (TPSA) is 69.6 Å². The summed E-state index contributed by atoms with van der Waals surface area (Å²) in [4.78, 5) is 20.4. The van der Waals surface area contributed by atoms with Crippen molar-refractivity contribution in [3.8, 4) is 5.75 Å². The summed E-state index contributed by atoms with van der Waals surface area (Å²) in [6, 6.07) is 8.43. The minimum Gasteiger partial charge on any atom is -0.487 e. The van der Waals surface area contributed by atoms with Crippen molar-refractivity contribution in [2.45, 2.75) is 45.8 Å². The fourth-order valence-corrected chi connectivity index (χ4v) is 4.74. The number of likely N-dealkylation sites (N-methyl/N-ethyl adjacent to an activating group) is 1. The molecule has 222 valence electrons. The smallest absolute Gasteiger partial charge is 0.143 e. The van der Waals surface area contributed by atoms with Crippen LogP contribution in [-0.2, 0) is 9.53 Å². The maximum absolute atomic E-state index is 13.1. The van der Waals surface area contributed by atoms with Crippen LogP contribution in [0.25, 0.3) is 0 Å². The number of alkyl halides is 1. The lowest BCUT2D eigenvalue weighted by Gasteiger charge is -2.35. The van der Waals surface area contributed by atoms with Crippen LogP contribution in [0.4, 0.5) is 10.1 Å². The fourth-order valence-electron chi connectivity index (χ4n) is 4.74. The van der Waals surface area contributed by atoms with Crippen molar-refractivity contribution in [3.63, 3.8) is 0 Å². The van der Waals surface area contributed by atoms with Gasteiger partial charge in [-0.1, -0.05) is 24.8 Å². The van der Waals surface area contributed by atoms with Crippen molar-refractivity contribution >= 4 is 17.8 Å². The van der Waals surface area contributed by atoms with Crippen LogP contribution in [0, 0.1) is 0 Å². The number of aliphatic imine (C=N–C) groups is 1. The summed E-state index contributed by atoms with van der Waals surface area (Å²) in [6.07, 6.45) is 6.74. The number of para-hydroxylation sites is 2. The number of piperidine rings is 1. The SMILES string of the molecule is C=CC=O.CC(CN(C)C)N1CCCC(F)C1.C\C=C/N=C1/Nc2ccccc2OC/C1=C(/C)N1CCOCC1. The van der Waals surface area contributed by atoms with E-state index in [4.69, 9.17) is 14.3 Å². The molecule has 9 heteroatoms. The largest absolute Gasteiger partial charge is 0.487 e. The highest BCUT2D eigenvalue weighted by atomic mass is 19.1. The Hall–Kier alpha value is -3.01. The number of likely N-dealkylation sites (tertiary alicyclic amines) is 1. The van der Waals surface area contributed by atoms with Crippen molar-refractivity contribution < 1.29 is 18.7 Å². The van der Waals surface area contributed by atoms with Crippen molar-refractivity contribution in [3.05, 3.63) is 60.5 Å². The van der Waals surface area contributed by atoms with E-state index in [1.807, 2.05) is 43.5 Å². The van der Waals surface area contributed by atoms with E-state index in [2.05, 4.69) is 59.5 Å². The van der Waals surface area contributed by atoms with E-state index in [0.717, 1.165) is 75.1 Å². The summed E-state index contributed by atoms with van der Waals surface area (Å²) < 4.78 is 24.5. The molecule has 0 bridgehead atoms. The second kappa shape index (κ2) is 18.4. The van der Waals surface area contributed by atoms with E-state index >= 15 is 0 Å². The molecule has 2 atom stereocenters. The highest BCUT2D eigenvalue weighted by molar-refractivity contribution is 6.10. The maximum Gasteiger partial charge on any atom is 0.143 e. The summed E-state index contributed by atoms with van der Waals surface area (Å²) in [5.74, 6) is 1.70. The molecule has 0 aromatic heterocycles.